The standard InChI is InChI=1S/C38H26N8O13S3/c39-35-33-22(18-31(61(54,55)56)36(35)44-41-25-12-14-26(15-13-25)46(49)50)19-32(62(57,58)59)37(38(33)48)45-42-24-10-6-21(7-11-24)20-4-8-23(9-5-20)40-43-28-16-17-29(47)27-2-1-3-30(34(27)28)60(51,52)53/h1-19,40,42H,39H2,(H,51,52,53)(H,54,55,56)(H,57,58,59)/b43-28+,44-41?,45-37-. The zero-order chi connectivity index (χ0) is 44.7. The highest BCUT2D eigenvalue weighted by Crippen LogP contribution is 2.41. The molecule has 24 heteroatoms. The van der Waals surface area contributed by atoms with E-state index in [-0.39, 0.29) is 33.9 Å². The van der Waals surface area contributed by atoms with Crippen LogP contribution in [0.5, 0.6) is 0 Å². The first kappa shape index (κ1) is 42.5. The van der Waals surface area contributed by atoms with E-state index in [1.807, 2.05) is 0 Å². The number of hydrogen-bond acceptors (Lipinski definition) is 17. The van der Waals surface area contributed by atoms with Crippen LogP contribution in [0.15, 0.2) is 144 Å². The second-order valence-corrected chi connectivity index (χ2v) is 17.2. The lowest BCUT2D eigenvalue weighted by atomic mass is 9.92. The van der Waals surface area contributed by atoms with Crippen LogP contribution >= 0.6 is 0 Å². The molecule has 0 radical (unpaired) electrons. The number of nitrogen functional groups attached to an aromatic ring is 1. The van der Waals surface area contributed by atoms with Gasteiger partial charge in [-0.15, -0.1) is 5.11 Å². The topological polar surface area (TPSA) is 340 Å². The van der Waals surface area contributed by atoms with Crippen LogP contribution in [0.3, 0.4) is 0 Å². The number of ketones is 2. The molecular weight excluding hydrogens is 873 g/mol. The van der Waals surface area contributed by atoms with Gasteiger partial charge in [-0.05, 0) is 83.4 Å². The molecule has 0 saturated carbocycles. The van der Waals surface area contributed by atoms with Gasteiger partial charge in [0.15, 0.2) is 11.5 Å². The minimum atomic E-state index is -5.20. The molecule has 0 atom stereocenters. The third-order valence-electron chi connectivity index (χ3n) is 9.10. The van der Waals surface area contributed by atoms with Crippen molar-refractivity contribution in [2.75, 3.05) is 16.6 Å². The van der Waals surface area contributed by atoms with Gasteiger partial charge in [-0.2, -0.15) is 40.6 Å². The molecule has 0 saturated heterocycles. The number of carbonyl (C=O) groups is 2. The van der Waals surface area contributed by atoms with Crippen molar-refractivity contribution in [3.05, 3.63) is 146 Å². The lowest BCUT2D eigenvalue weighted by molar-refractivity contribution is -0.384. The third kappa shape index (κ3) is 8.66. The van der Waals surface area contributed by atoms with Crippen LogP contribution in [-0.2, 0) is 30.4 Å². The summed E-state index contributed by atoms with van der Waals surface area (Å²) in [5.74, 6) is -1.65. The fraction of sp³-hybridized carbons (Fsp3) is 0. The van der Waals surface area contributed by atoms with Gasteiger partial charge in [0.05, 0.1) is 38.9 Å². The van der Waals surface area contributed by atoms with E-state index in [2.05, 4.69) is 31.3 Å². The Hall–Kier alpha value is -7.61. The van der Waals surface area contributed by atoms with Crippen molar-refractivity contribution in [1.82, 2.24) is 0 Å². The summed E-state index contributed by atoms with van der Waals surface area (Å²) in [7, 11) is -15.0. The summed E-state index contributed by atoms with van der Waals surface area (Å²) in [6.45, 7) is 0. The van der Waals surface area contributed by atoms with Gasteiger partial charge in [0.1, 0.15) is 20.4 Å². The Kier molecular flexibility index (Phi) is 11.0. The van der Waals surface area contributed by atoms with Crippen LogP contribution in [0, 0.1) is 10.1 Å². The monoisotopic (exact) mass is 898 g/mol. The van der Waals surface area contributed by atoms with Crippen LogP contribution in [0.1, 0.15) is 31.8 Å². The molecule has 0 amide bonds. The summed E-state index contributed by atoms with van der Waals surface area (Å²) >= 11 is 0. The molecule has 0 aliphatic heterocycles. The number of Topliss-reactive ketones (excluding diaryl/α,β-unsaturated/α-hetero) is 1. The van der Waals surface area contributed by atoms with Crippen LogP contribution in [-0.4, -0.2) is 66.8 Å². The quantitative estimate of drug-likeness (QED) is 0.0282. The number of nitrogens with zero attached hydrogens (tertiary/aromatic N) is 5. The molecule has 62 heavy (non-hydrogen) atoms. The van der Waals surface area contributed by atoms with Gasteiger partial charge in [-0.3, -0.25) is 44.2 Å². The van der Waals surface area contributed by atoms with Crippen molar-refractivity contribution in [2.45, 2.75) is 9.79 Å². The lowest BCUT2D eigenvalue weighted by Crippen LogP contribution is -2.28. The Bertz CT molecular complexity index is 3260. The van der Waals surface area contributed by atoms with Gasteiger partial charge in [0.25, 0.3) is 36.0 Å². The van der Waals surface area contributed by atoms with Crippen molar-refractivity contribution < 1.29 is 53.4 Å². The maximum atomic E-state index is 13.9. The Morgan fingerprint density at radius 3 is 1.79 bits per heavy atom. The van der Waals surface area contributed by atoms with Crippen LogP contribution in [0.2, 0.25) is 0 Å². The number of anilines is 3. The number of carbonyl (C=O) groups excluding carboxylic acids is 2. The fourth-order valence-electron chi connectivity index (χ4n) is 6.20. The van der Waals surface area contributed by atoms with Gasteiger partial charge in [-0.1, -0.05) is 36.4 Å². The number of fused-ring (bicyclic) bond motifs is 2. The largest absolute Gasteiger partial charge is 0.396 e. The molecule has 0 unspecified atom stereocenters. The van der Waals surface area contributed by atoms with E-state index in [1.54, 1.807) is 36.4 Å². The summed E-state index contributed by atoms with van der Waals surface area (Å²) in [6, 6.07) is 22.3. The number of hydrogen-bond donors (Lipinski definition) is 6. The summed E-state index contributed by atoms with van der Waals surface area (Å²) < 4.78 is 103. The van der Waals surface area contributed by atoms with E-state index in [1.165, 1.54) is 48.6 Å². The summed E-state index contributed by atoms with van der Waals surface area (Å²) in [5, 5.41) is 26.8. The molecular formula is C38H26N8O13S3. The minimum absolute atomic E-state index is 0.00772. The van der Waals surface area contributed by atoms with Crippen LogP contribution in [0.25, 0.3) is 17.2 Å². The van der Waals surface area contributed by atoms with E-state index in [9.17, 15) is 58.6 Å². The zero-order valence-electron chi connectivity index (χ0n) is 30.9. The Morgan fingerprint density at radius 1 is 0.661 bits per heavy atom. The lowest BCUT2D eigenvalue weighted by Gasteiger charge is -2.20. The van der Waals surface area contributed by atoms with Gasteiger partial charge < -0.3 is 5.73 Å². The molecule has 0 bridgehead atoms. The number of nitro groups is 1. The number of rotatable bonds is 11. The van der Waals surface area contributed by atoms with E-state index >= 15 is 0 Å². The molecule has 0 heterocycles. The molecule has 0 spiro atoms. The predicted molar refractivity (Wildman–Crippen MR) is 225 cm³/mol. The SMILES string of the molecule is Nc1c(N=Nc2ccc([N+](=O)[O-])cc2)c(S(=O)(=O)O)cc2c1C(=O)/C(=N\Nc1ccc(-c3ccc(N/N=C4\C=CC(=O)c5cccc(S(=O)(=O)O)c54)cc3)cc1)C(S(=O)(=O)O)=C2. The molecule has 7 N–H and O–H groups in total. The molecule has 2 aliphatic carbocycles. The first-order chi connectivity index (χ1) is 29.2. The van der Waals surface area contributed by atoms with Gasteiger partial charge >= 0.3 is 0 Å². The number of allylic oxidation sites excluding steroid dienone is 3. The second kappa shape index (κ2) is 16.1. The number of nitrogens with one attached hydrogen (secondary N) is 2. The Labute approximate surface area is 350 Å². The summed E-state index contributed by atoms with van der Waals surface area (Å²) in [6.07, 6.45) is 3.27. The number of nitrogens with two attached hydrogens (primary N) is 1. The van der Waals surface area contributed by atoms with E-state index in [4.69, 9.17) is 5.73 Å². The first-order valence-corrected chi connectivity index (χ1v) is 21.6. The highest BCUT2D eigenvalue weighted by molar-refractivity contribution is 7.91. The van der Waals surface area contributed by atoms with Crippen molar-refractivity contribution >= 4 is 93.5 Å². The molecule has 0 aromatic heterocycles. The molecule has 0 fully saturated rings. The minimum Gasteiger partial charge on any atom is -0.396 e. The van der Waals surface area contributed by atoms with Crippen molar-refractivity contribution in [1.29, 1.82) is 0 Å². The molecule has 5 aromatic carbocycles. The van der Waals surface area contributed by atoms with E-state index in [0.29, 0.717) is 22.9 Å². The highest BCUT2D eigenvalue weighted by Gasteiger charge is 2.37. The molecule has 21 nitrogen and oxygen atoms in total. The fourth-order valence-corrected chi connectivity index (χ4v) is 8.26. The average Bonchev–Trinajstić information content (AvgIpc) is 3.22. The van der Waals surface area contributed by atoms with Gasteiger partial charge in [-0.25, -0.2) is 0 Å². The van der Waals surface area contributed by atoms with Crippen LogP contribution in [0.4, 0.5) is 34.1 Å². The number of azo groups is 1. The summed E-state index contributed by atoms with van der Waals surface area (Å²) in [5.41, 5.74) is 10.3. The number of hydrazone groups is 2. The number of benzene rings is 5. The van der Waals surface area contributed by atoms with Crippen molar-refractivity contribution in [2.24, 2.45) is 20.4 Å². The molecule has 314 valence electrons. The number of non-ortho nitro benzene ring substituents is 1. The second-order valence-electron chi connectivity index (χ2n) is 13.0. The van der Waals surface area contributed by atoms with Crippen molar-refractivity contribution in [3.63, 3.8) is 0 Å². The maximum absolute atomic E-state index is 13.9. The number of nitro benzene ring substituents is 1. The smallest absolute Gasteiger partial charge is 0.296 e. The zero-order valence-corrected chi connectivity index (χ0v) is 33.4. The molecule has 5 aromatic rings. The maximum Gasteiger partial charge on any atom is 0.296 e. The van der Waals surface area contributed by atoms with E-state index < -0.39 is 89.8 Å². The van der Waals surface area contributed by atoms with Gasteiger partial charge in [0, 0.05) is 23.3 Å². The van der Waals surface area contributed by atoms with E-state index in [0.717, 1.165) is 24.3 Å². The average molecular weight is 899 g/mol. The first-order valence-electron chi connectivity index (χ1n) is 17.3. The van der Waals surface area contributed by atoms with Crippen molar-refractivity contribution in [3.8, 4) is 11.1 Å². The summed E-state index contributed by atoms with van der Waals surface area (Å²) in [4.78, 5) is 34.1. The van der Waals surface area contributed by atoms with Crippen LogP contribution < -0.4 is 16.6 Å². The normalized spacial score (nSPS) is 15.4. The molecule has 7 rings (SSSR count). The predicted octanol–water partition coefficient (Wildman–Crippen LogP) is 6.21. The van der Waals surface area contributed by atoms with Gasteiger partial charge in [0.2, 0.25) is 5.78 Å². The Morgan fingerprint density at radius 2 is 1.24 bits per heavy atom. The highest BCUT2D eigenvalue weighted by atomic mass is 32.2. The third-order valence-corrected chi connectivity index (χ3v) is 11.7. The molecule has 2 aliphatic rings. The Balaban J connectivity index is 1.13.